The summed E-state index contributed by atoms with van der Waals surface area (Å²) in [7, 11) is 0. The van der Waals surface area contributed by atoms with E-state index in [0.29, 0.717) is 6.61 Å². The second kappa shape index (κ2) is 3.79. The molecule has 2 unspecified atom stereocenters. The predicted octanol–water partition coefficient (Wildman–Crippen LogP) is -0.0420. The fourth-order valence-corrected chi connectivity index (χ4v) is 1.69. The minimum atomic E-state index is -0.284. The molecule has 2 atom stereocenters. The summed E-state index contributed by atoms with van der Waals surface area (Å²) in [5.41, 5.74) is 6.82. The molecule has 0 aromatic rings. The maximum atomic E-state index is 11.5. The van der Waals surface area contributed by atoms with Crippen LogP contribution in [0.25, 0.3) is 0 Å². The fraction of sp³-hybridized carbons (Fsp3) is 0.556. The van der Waals surface area contributed by atoms with Gasteiger partial charge in [-0.2, -0.15) is 0 Å². The first-order valence-electron chi connectivity index (χ1n) is 4.72. The van der Waals surface area contributed by atoms with Crippen molar-refractivity contribution in [2.24, 2.45) is 10.9 Å². The van der Waals surface area contributed by atoms with Crippen molar-refractivity contribution in [3.63, 3.8) is 0 Å². The van der Waals surface area contributed by atoms with Crippen molar-refractivity contribution in [1.82, 2.24) is 10.9 Å². The summed E-state index contributed by atoms with van der Waals surface area (Å²) in [6.45, 7) is 2.22. The highest BCUT2D eigenvalue weighted by Crippen LogP contribution is 2.24. The number of hydrogen-bond acceptors (Lipinski definition) is 5. The van der Waals surface area contributed by atoms with Gasteiger partial charge in [0.25, 0.3) is 0 Å². The predicted molar refractivity (Wildman–Crippen MR) is 51.4 cm³/mol. The van der Waals surface area contributed by atoms with E-state index in [1.807, 2.05) is 6.21 Å². The van der Waals surface area contributed by atoms with Crippen LogP contribution in [0.1, 0.15) is 13.3 Å². The zero-order chi connectivity index (χ0) is 9.97. The van der Waals surface area contributed by atoms with Crippen LogP contribution in [0.4, 0.5) is 0 Å². The van der Waals surface area contributed by atoms with Gasteiger partial charge >= 0.3 is 5.97 Å². The first-order chi connectivity index (χ1) is 6.83. The number of aliphatic imine (C=N–C) groups is 1. The number of hydrogen-bond donors (Lipinski definition) is 2. The molecule has 5 heteroatoms. The van der Waals surface area contributed by atoms with Gasteiger partial charge in [0, 0.05) is 18.3 Å². The second-order valence-electron chi connectivity index (χ2n) is 3.26. The average molecular weight is 195 g/mol. The van der Waals surface area contributed by atoms with Crippen LogP contribution in [0.3, 0.4) is 0 Å². The molecule has 2 rings (SSSR count). The molecular formula is C9H13N3O2. The van der Waals surface area contributed by atoms with E-state index in [0.717, 1.165) is 12.1 Å². The Hall–Kier alpha value is -1.36. The minimum absolute atomic E-state index is 0.145. The van der Waals surface area contributed by atoms with Crippen LogP contribution < -0.4 is 10.9 Å². The molecule has 0 bridgehead atoms. The highest BCUT2D eigenvalue weighted by Gasteiger charge is 2.37. The fourth-order valence-electron chi connectivity index (χ4n) is 1.69. The number of carbonyl (C=O) groups excluding carboxylic acids is 1. The summed E-state index contributed by atoms with van der Waals surface area (Å²) in [4.78, 5) is 15.5. The lowest BCUT2D eigenvalue weighted by atomic mass is 9.95. The summed E-state index contributed by atoms with van der Waals surface area (Å²) < 4.78 is 4.96. The highest BCUT2D eigenvalue weighted by molar-refractivity contribution is 5.78. The van der Waals surface area contributed by atoms with E-state index >= 15 is 0 Å². The van der Waals surface area contributed by atoms with Gasteiger partial charge in [-0.25, -0.2) is 5.43 Å². The van der Waals surface area contributed by atoms with Crippen molar-refractivity contribution in [3.8, 4) is 0 Å². The summed E-state index contributed by atoms with van der Waals surface area (Å²) in [6.07, 6.45) is 4.32. The summed E-state index contributed by atoms with van der Waals surface area (Å²) >= 11 is 0. The number of carbonyl (C=O) groups is 1. The quantitative estimate of drug-likeness (QED) is 0.607. The number of nitrogens with zero attached hydrogens (tertiary/aromatic N) is 1. The van der Waals surface area contributed by atoms with Crippen molar-refractivity contribution in [2.45, 2.75) is 19.4 Å². The van der Waals surface area contributed by atoms with E-state index in [1.165, 1.54) is 0 Å². The Kier molecular flexibility index (Phi) is 2.49. The number of esters is 1. The Morgan fingerprint density at radius 3 is 3.43 bits per heavy atom. The van der Waals surface area contributed by atoms with Crippen LogP contribution in [0, 0.1) is 5.92 Å². The zero-order valence-corrected chi connectivity index (χ0v) is 7.99. The van der Waals surface area contributed by atoms with Crippen LogP contribution in [0.2, 0.25) is 0 Å². The van der Waals surface area contributed by atoms with Gasteiger partial charge in [0.1, 0.15) is 6.04 Å². The molecule has 14 heavy (non-hydrogen) atoms. The van der Waals surface area contributed by atoms with Gasteiger partial charge < -0.3 is 10.2 Å². The molecule has 76 valence electrons. The first kappa shape index (κ1) is 9.21. The average Bonchev–Trinajstić information content (AvgIpc) is 2.61. The van der Waals surface area contributed by atoms with E-state index in [-0.39, 0.29) is 17.9 Å². The Morgan fingerprint density at radius 1 is 1.79 bits per heavy atom. The van der Waals surface area contributed by atoms with Crippen molar-refractivity contribution in [2.75, 3.05) is 6.61 Å². The molecule has 0 amide bonds. The maximum absolute atomic E-state index is 11.5. The molecule has 2 aliphatic rings. The molecule has 0 radical (unpaired) electrons. The molecule has 2 N–H and O–H groups in total. The Balaban J connectivity index is 2.06. The maximum Gasteiger partial charge on any atom is 0.325 e. The molecule has 5 nitrogen and oxygen atoms in total. The van der Waals surface area contributed by atoms with Gasteiger partial charge in [-0.1, -0.05) is 0 Å². The molecule has 0 aliphatic carbocycles. The minimum Gasteiger partial charge on any atom is -0.465 e. The van der Waals surface area contributed by atoms with Gasteiger partial charge in [-0.3, -0.25) is 9.79 Å². The Bertz CT molecular complexity index is 298. The van der Waals surface area contributed by atoms with Crippen LogP contribution in [-0.4, -0.2) is 24.8 Å². The lowest BCUT2D eigenvalue weighted by Gasteiger charge is -2.16. The number of hydrazine groups is 1. The van der Waals surface area contributed by atoms with Crippen molar-refractivity contribution < 1.29 is 9.53 Å². The highest BCUT2D eigenvalue weighted by atomic mass is 16.5. The Labute approximate surface area is 82.2 Å². The third-order valence-electron chi connectivity index (χ3n) is 2.39. The number of rotatable bonds is 2. The number of nitrogens with one attached hydrogen (secondary N) is 2. The SMILES string of the molecule is CCOC(=O)C1NNC2=CN=CCC21. The van der Waals surface area contributed by atoms with Gasteiger partial charge in [0.2, 0.25) is 0 Å². The van der Waals surface area contributed by atoms with Gasteiger partial charge in [-0.15, -0.1) is 0 Å². The van der Waals surface area contributed by atoms with Gasteiger partial charge in [0.05, 0.1) is 12.3 Å². The topological polar surface area (TPSA) is 62.7 Å². The summed E-state index contributed by atoms with van der Waals surface area (Å²) in [5, 5.41) is 0. The third-order valence-corrected chi connectivity index (χ3v) is 2.39. The van der Waals surface area contributed by atoms with E-state index < -0.39 is 0 Å². The molecule has 1 fully saturated rings. The second-order valence-corrected chi connectivity index (χ2v) is 3.26. The standard InChI is InChI=1S/C9H13N3O2/c1-2-14-9(13)8-6-3-4-10-5-7(6)11-12-8/h4-6,8,11-12H,2-3H2,1H3. The molecule has 2 aliphatic heterocycles. The normalized spacial score (nSPS) is 29.1. The van der Waals surface area contributed by atoms with Gasteiger partial charge in [0.15, 0.2) is 0 Å². The van der Waals surface area contributed by atoms with E-state index in [2.05, 4.69) is 15.8 Å². The van der Waals surface area contributed by atoms with Crippen LogP contribution in [0.15, 0.2) is 16.9 Å². The molecule has 0 saturated carbocycles. The molecule has 0 aromatic heterocycles. The number of fused-ring (bicyclic) bond motifs is 1. The van der Waals surface area contributed by atoms with Crippen LogP contribution >= 0.6 is 0 Å². The van der Waals surface area contributed by atoms with Crippen molar-refractivity contribution in [3.05, 3.63) is 11.9 Å². The van der Waals surface area contributed by atoms with Crippen LogP contribution in [-0.2, 0) is 9.53 Å². The Morgan fingerprint density at radius 2 is 2.64 bits per heavy atom. The monoisotopic (exact) mass is 195 g/mol. The van der Waals surface area contributed by atoms with E-state index in [4.69, 9.17) is 4.74 Å². The molecule has 2 heterocycles. The third kappa shape index (κ3) is 1.50. The summed E-state index contributed by atoms with van der Waals surface area (Å²) in [5.74, 6) is -0.0600. The zero-order valence-electron chi connectivity index (χ0n) is 7.99. The van der Waals surface area contributed by atoms with Crippen molar-refractivity contribution in [1.29, 1.82) is 0 Å². The van der Waals surface area contributed by atoms with Gasteiger partial charge in [-0.05, 0) is 13.3 Å². The smallest absolute Gasteiger partial charge is 0.325 e. The summed E-state index contributed by atoms with van der Waals surface area (Å²) in [6, 6.07) is -0.284. The largest absolute Gasteiger partial charge is 0.465 e. The first-order valence-corrected chi connectivity index (χ1v) is 4.72. The van der Waals surface area contributed by atoms with E-state index in [9.17, 15) is 4.79 Å². The molecule has 1 saturated heterocycles. The number of ether oxygens (including phenoxy) is 1. The van der Waals surface area contributed by atoms with Crippen molar-refractivity contribution >= 4 is 12.2 Å². The molecule has 0 spiro atoms. The lowest BCUT2D eigenvalue weighted by Crippen LogP contribution is -2.40. The lowest BCUT2D eigenvalue weighted by molar-refractivity contribution is -0.146. The van der Waals surface area contributed by atoms with E-state index in [1.54, 1.807) is 13.1 Å². The molecular weight excluding hydrogens is 182 g/mol. The molecule has 0 aromatic carbocycles. The van der Waals surface area contributed by atoms with Crippen LogP contribution in [0.5, 0.6) is 0 Å².